The van der Waals surface area contributed by atoms with E-state index in [1.54, 1.807) is 0 Å². The van der Waals surface area contributed by atoms with Crippen LogP contribution in [0, 0.1) is 13.8 Å². The van der Waals surface area contributed by atoms with Crippen molar-refractivity contribution in [2.24, 2.45) is 7.05 Å². The maximum atomic E-state index is 6.37. The molecule has 0 N–H and O–H groups in total. The molecule has 0 radical (unpaired) electrons. The monoisotopic (exact) mass is 327 g/mol. The average molecular weight is 327 g/mol. The molecule has 0 saturated carbocycles. The lowest BCUT2D eigenvalue weighted by molar-refractivity contribution is -0.744. The Labute approximate surface area is 145 Å². The van der Waals surface area contributed by atoms with Crippen LogP contribution in [0.5, 0.6) is 0 Å². The highest BCUT2D eigenvalue weighted by Crippen LogP contribution is 2.40. The number of aromatic nitrogens is 2. The molecular formula is C22H19N2O+. The first-order valence-electron chi connectivity index (χ1n) is 8.54. The normalized spacial score (nSPS) is 11.8. The summed E-state index contributed by atoms with van der Waals surface area (Å²) in [4.78, 5) is 0. The molecule has 0 aliphatic carbocycles. The van der Waals surface area contributed by atoms with E-state index in [4.69, 9.17) is 4.42 Å². The summed E-state index contributed by atoms with van der Waals surface area (Å²) < 4.78 is 10.7. The van der Waals surface area contributed by atoms with E-state index in [2.05, 4.69) is 78.9 Å². The van der Waals surface area contributed by atoms with Crippen molar-refractivity contribution in [3.63, 3.8) is 0 Å². The number of rotatable bonds is 1. The van der Waals surface area contributed by atoms with Crippen molar-refractivity contribution in [3.8, 4) is 5.69 Å². The molecule has 3 aromatic carbocycles. The van der Waals surface area contributed by atoms with Crippen molar-refractivity contribution in [1.29, 1.82) is 0 Å². The van der Waals surface area contributed by atoms with Crippen LogP contribution in [0.25, 0.3) is 38.4 Å². The molecule has 122 valence electrons. The van der Waals surface area contributed by atoms with Gasteiger partial charge in [0.2, 0.25) is 0 Å². The predicted molar refractivity (Wildman–Crippen MR) is 101 cm³/mol. The molecule has 0 bridgehead atoms. The lowest BCUT2D eigenvalue weighted by Crippen LogP contribution is -2.38. The van der Waals surface area contributed by atoms with E-state index in [1.165, 1.54) is 32.8 Å². The number of aryl methyl sites for hydroxylation is 3. The third-order valence-corrected chi connectivity index (χ3v) is 5.16. The summed E-state index contributed by atoms with van der Waals surface area (Å²) in [6.07, 6.45) is 2.08. The fourth-order valence-electron chi connectivity index (χ4n) is 4.00. The number of fused-ring (bicyclic) bond motifs is 5. The Kier molecular flexibility index (Phi) is 2.84. The van der Waals surface area contributed by atoms with Crippen molar-refractivity contribution >= 4 is 32.7 Å². The van der Waals surface area contributed by atoms with E-state index >= 15 is 0 Å². The second-order valence-electron chi connectivity index (χ2n) is 6.66. The molecular weight excluding hydrogens is 308 g/mol. The Balaban J connectivity index is 2.12. The van der Waals surface area contributed by atoms with E-state index in [-0.39, 0.29) is 0 Å². The van der Waals surface area contributed by atoms with Crippen LogP contribution >= 0.6 is 0 Å². The van der Waals surface area contributed by atoms with Gasteiger partial charge in [-0.3, -0.25) is 0 Å². The second-order valence-corrected chi connectivity index (χ2v) is 6.66. The minimum atomic E-state index is 0.932. The van der Waals surface area contributed by atoms with Crippen LogP contribution in [-0.4, -0.2) is 4.68 Å². The van der Waals surface area contributed by atoms with Crippen LogP contribution in [0.3, 0.4) is 0 Å². The van der Waals surface area contributed by atoms with Crippen LogP contribution < -0.4 is 4.68 Å². The van der Waals surface area contributed by atoms with Crippen molar-refractivity contribution in [3.05, 3.63) is 72.1 Å². The molecule has 0 unspecified atom stereocenters. The SMILES string of the molecule is Cc1c(-n2c(C)cc[n+]2C)c2oc3ccccc3c2c2ccccc12. The van der Waals surface area contributed by atoms with Crippen LogP contribution in [-0.2, 0) is 7.05 Å². The zero-order valence-electron chi connectivity index (χ0n) is 14.6. The Bertz CT molecular complexity index is 1250. The molecule has 3 nitrogen and oxygen atoms in total. The van der Waals surface area contributed by atoms with E-state index in [0.29, 0.717) is 0 Å². The number of hydrogen-bond acceptors (Lipinski definition) is 1. The first kappa shape index (κ1) is 14.3. The number of benzene rings is 3. The Hall–Kier alpha value is -3.07. The summed E-state index contributed by atoms with van der Waals surface area (Å²) in [5.41, 5.74) is 5.42. The molecule has 0 fully saturated rings. The molecule has 0 aliphatic heterocycles. The lowest BCUT2D eigenvalue weighted by atomic mass is 9.98. The largest absolute Gasteiger partial charge is 0.454 e. The van der Waals surface area contributed by atoms with Crippen LogP contribution in [0.4, 0.5) is 0 Å². The third kappa shape index (κ3) is 1.84. The number of hydrogen-bond donors (Lipinski definition) is 0. The van der Waals surface area contributed by atoms with Crippen LogP contribution in [0.1, 0.15) is 11.3 Å². The van der Waals surface area contributed by atoms with Crippen LogP contribution in [0.2, 0.25) is 0 Å². The van der Waals surface area contributed by atoms with Crippen LogP contribution in [0.15, 0.2) is 65.2 Å². The average Bonchev–Trinajstić information content (AvgIpc) is 3.17. The maximum absolute atomic E-state index is 6.37. The molecule has 3 heteroatoms. The first-order chi connectivity index (χ1) is 12.2. The number of furan rings is 1. The maximum Gasteiger partial charge on any atom is 0.196 e. The molecule has 0 aliphatic rings. The van der Waals surface area contributed by atoms with Crippen molar-refractivity contribution in [2.45, 2.75) is 13.8 Å². The van der Waals surface area contributed by atoms with E-state index in [0.717, 1.165) is 16.9 Å². The molecule has 2 aromatic heterocycles. The van der Waals surface area contributed by atoms with Gasteiger partial charge in [0.25, 0.3) is 0 Å². The summed E-state index contributed by atoms with van der Waals surface area (Å²) in [6.45, 7) is 4.31. The zero-order valence-corrected chi connectivity index (χ0v) is 14.6. The second kappa shape index (κ2) is 4.96. The van der Waals surface area contributed by atoms with Gasteiger partial charge in [-0.15, -0.1) is 9.36 Å². The molecule has 0 saturated heterocycles. The Morgan fingerprint density at radius 2 is 1.52 bits per heavy atom. The smallest absolute Gasteiger partial charge is 0.196 e. The van der Waals surface area contributed by atoms with Gasteiger partial charge in [0, 0.05) is 16.8 Å². The fourth-order valence-corrected chi connectivity index (χ4v) is 4.00. The van der Waals surface area contributed by atoms with Crippen molar-refractivity contribution in [1.82, 2.24) is 4.68 Å². The highest BCUT2D eigenvalue weighted by atomic mass is 16.3. The van der Waals surface area contributed by atoms with E-state index in [9.17, 15) is 0 Å². The fraction of sp³-hybridized carbons (Fsp3) is 0.136. The summed E-state index contributed by atoms with van der Waals surface area (Å²) in [7, 11) is 2.07. The molecule has 5 rings (SSSR count). The number of nitrogens with zero attached hydrogens (tertiary/aromatic N) is 2. The quantitative estimate of drug-likeness (QED) is 0.398. The number of para-hydroxylation sites is 1. The summed E-state index contributed by atoms with van der Waals surface area (Å²) in [5.74, 6) is 0. The highest BCUT2D eigenvalue weighted by molar-refractivity contribution is 6.22. The lowest BCUT2D eigenvalue weighted by Gasteiger charge is -2.11. The third-order valence-electron chi connectivity index (χ3n) is 5.16. The van der Waals surface area contributed by atoms with Gasteiger partial charge in [0.1, 0.15) is 5.58 Å². The van der Waals surface area contributed by atoms with Gasteiger partial charge in [-0.1, -0.05) is 42.5 Å². The predicted octanol–water partition coefficient (Wildman–Crippen LogP) is 4.97. The van der Waals surface area contributed by atoms with Gasteiger partial charge in [0.05, 0.1) is 5.69 Å². The summed E-state index contributed by atoms with van der Waals surface area (Å²) in [6, 6.07) is 19.0. The Morgan fingerprint density at radius 1 is 0.840 bits per heavy atom. The van der Waals surface area contributed by atoms with Gasteiger partial charge in [-0.2, -0.15) is 0 Å². The summed E-state index contributed by atoms with van der Waals surface area (Å²) >= 11 is 0. The van der Waals surface area contributed by atoms with Crippen molar-refractivity contribution in [2.75, 3.05) is 0 Å². The van der Waals surface area contributed by atoms with Gasteiger partial charge in [-0.05, 0) is 36.2 Å². The molecule has 2 heterocycles. The van der Waals surface area contributed by atoms with E-state index in [1.807, 2.05) is 12.1 Å². The minimum Gasteiger partial charge on any atom is -0.454 e. The molecule has 0 atom stereocenters. The van der Waals surface area contributed by atoms with Gasteiger partial charge in [0.15, 0.2) is 24.5 Å². The minimum absolute atomic E-state index is 0.932. The molecule has 0 amide bonds. The van der Waals surface area contributed by atoms with E-state index < -0.39 is 0 Å². The zero-order chi connectivity index (χ0) is 17.1. The summed E-state index contributed by atoms with van der Waals surface area (Å²) in [5, 5.41) is 4.88. The van der Waals surface area contributed by atoms with Crippen molar-refractivity contribution < 1.29 is 9.10 Å². The van der Waals surface area contributed by atoms with Gasteiger partial charge in [-0.25, -0.2) is 0 Å². The first-order valence-corrected chi connectivity index (χ1v) is 8.54. The topological polar surface area (TPSA) is 21.9 Å². The molecule has 0 spiro atoms. The highest BCUT2D eigenvalue weighted by Gasteiger charge is 2.23. The Morgan fingerprint density at radius 3 is 2.24 bits per heavy atom. The molecule has 5 aromatic rings. The van der Waals surface area contributed by atoms with Gasteiger partial charge >= 0.3 is 0 Å². The standard InChI is InChI=1S/C22H19N2O/c1-14-12-13-23(3)24(14)21-15(2)16-8-4-5-9-17(16)20-18-10-6-7-11-19(18)25-22(20)21/h4-13H,1-3H3/q+1. The van der Waals surface area contributed by atoms with Gasteiger partial charge < -0.3 is 4.42 Å². The molecule has 25 heavy (non-hydrogen) atoms.